The van der Waals surface area contributed by atoms with Crippen molar-refractivity contribution in [1.82, 2.24) is 20.4 Å². The van der Waals surface area contributed by atoms with E-state index in [0.29, 0.717) is 5.41 Å². The molecule has 6 nitrogen and oxygen atoms in total. The van der Waals surface area contributed by atoms with Crippen LogP contribution in [0, 0.1) is 5.41 Å². The predicted molar refractivity (Wildman–Crippen MR) is 129 cm³/mol. The first-order chi connectivity index (χ1) is 13.7. The van der Waals surface area contributed by atoms with Gasteiger partial charge in [0.25, 0.3) is 0 Å². The number of hydrogen-bond donors (Lipinski definition) is 2. The lowest BCUT2D eigenvalue weighted by Crippen LogP contribution is -2.43. The van der Waals surface area contributed by atoms with Gasteiger partial charge in [-0.05, 0) is 41.9 Å². The van der Waals surface area contributed by atoms with Crippen LogP contribution in [-0.2, 0) is 17.8 Å². The highest BCUT2D eigenvalue weighted by Gasteiger charge is 2.33. The van der Waals surface area contributed by atoms with Crippen molar-refractivity contribution in [2.24, 2.45) is 10.4 Å². The summed E-state index contributed by atoms with van der Waals surface area (Å²) < 4.78 is 7.27. The Hall–Kier alpha value is -1.61. The van der Waals surface area contributed by atoms with E-state index in [0.717, 1.165) is 38.6 Å². The van der Waals surface area contributed by atoms with Gasteiger partial charge in [0.15, 0.2) is 5.96 Å². The largest absolute Gasteiger partial charge is 0.385 e. The summed E-state index contributed by atoms with van der Waals surface area (Å²) in [5.74, 6) is 0.862. The van der Waals surface area contributed by atoms with Gasteiger partial charge in [-0.15, -0.1) is 24.0 Å². The van der Waals surface area contributed by atoms with Gasteiger partial charge in [-0.3, -0.25) is 9.67 Å². The molecule has 1 heterocycles. The summed E-state index contributed by atoms with van der Waals surface area (Å²) in [6.45, 7) is 3.32. The minimum Gasteiger partial charge on any atom is -0.385 e. The molecule has 0 bridgehead atoms. The molecule has 1 saturated carbocycles. The molecule has 2 N–H and O–H groups in total. The number of guanidine groups is 1. The topological polar surface area (TPSA) is 63.5 Å². The van der Waals surface area contributed by atoms with E-state index in [-0.39, 0.29) is 24.0 Å². The quantitative estimate of drug-likeness (QED) is 0.306. The van der Waals surface area contributed by atoms with Crippen molar-refractivity contribution in [3.8, 4) is 0 Å². The Kier molecular flexibility index (Phi) is 9.93. The fourth-order valence-electron chi connectivity index (χ4n) is 4.06. The number of methoxy groups -OCH3 is 1. The molecule has 1 aliphatic carbocycles. The second kappa shape index (κ2) is 12.2. The van der Waals surface area contributed by atoms with Gasteiger partial charge in [-0.2, -0.15) is 5.10 Å². The number of aromatic nitrogens is 2. The first kappa shape index (κ1) is 23.7. The van der Waals surface area contributed by atoms with Crippen molar-refractivity contribution in [1.29, 1.82) is 0 Å². The van der Waals surface area contributed by atoms with E-state index in [2.05, 4.69) is 45.0 Å². The first-order valence-corrected chi connectivity index (χ1v) is 10.2. The third-order valence-electron chi connectivity index (χ3n) is 5.71. The Morgan fingerprint density at radius 3 is 2.69 bits per heavy atom. The zero-order valence-corrected chi connectivity index (χ0v) is 19.9. The highest BCUT2D eigenvalue weighted by Crippen LogP contribution is 2.40. The summed E-state index contributed by atoms with van der Waals surface area (Å²) in [6.07, 6.45) is 10.1. The molecule has 29 heavy (non-hydrogen) atoms. The summed E-state index contributed by atoms with van der Waals surface area (Å²) in [6, 6.07) is 10.6. The Labute approximate surface area is 191 Å². The van der Waals surface area contributed by atoms with Crippen LogP contribution >= 0.6 is 24.0 Å². The highest BCUT2D eigenvalue weighted by atomic mass is 127. The molecule has 1 aliphatic rings. The lowest BCUT2D eigenvalue weighted by atomic mass is 9.83. The van der Waals surface area contributed by atoms with Crippen molar-refractivity contribution in [2.45, 2.75) is 45.2 Å². The Morgan fingerprint density at radius 1 is 1.21 bits per heavy atom. The number of nitrogens with one attached hydrogen (secondary N) is 2. The van der Waals surface area contributed by atoms with Gasteiger partial charge in [0, 0.05) is 46.2 Å². The van der Waals surface area contributed by atoms with Crippen LogP contribution in [0.1, 0.15) is 43.2 Å². The lowest BCUT2D eigenvalue weighted by molar-refractivity contribution is 0.138. The van der Waals surface area contributed by atoms with E-state index >= 15 is 0 Å². The Balaban J connectivity index is 0.00000300. The average Bonchev–Trinajstić information content (AvgIpc) is 3.40. The van der Waals surface area contributed by atoms with Crippen LogP contribution in [0.2, 0.25) is 0 Å². The number of rotatable bonds is 9. The maximum absolute atomic E-state index is 5.34. The standard InChI is InChI=1S/C22H33N5O.HI/c1-23-21(25-18-22(11-14-28-2)9-3-4-10-22)24-16-19-7-5-8-20(15-19)17-27-13-6-12-26-27;/h5-8,12-13,15H,3-4,9-11,14,16-18H2,1-2H3,(H2,23,24,25);1H. The van der Waals surface area contributed by atoms with Crippen molar-refractivity contribution >= 4 is 29.9 Å². The first-order valence-electron chi connectivity index (χ1n) is 10.2. The fourth-order valence-corrected chi connectivity index (χ4v) is 4.06. The third kappa shape index (κ3) is 7.29. The van der Waals surface area contributed by atoms with E-state index in [1.807, 2.05) is 30.2 Å². The zero-order chi connectivity index (χ0) is 19.7. The van der Waals surface area contributed by atoms with Crippen LogP contribution in [0.5, 0.6) is 0 Å². The number of hydrogen-bond acceptors (Lipinski definition) is 3. The van der Waals surface area contributed by atoms with Gasteiger partial charge in [-0.1, -0.05) is 37.1 Å². The van der Waals surface area contributed by atoms with Gasteiger partial charge in [0.05, 0.1) is 6.54 Å². The SMILES string of the molecule is CN=C(NCc1cccc(Cn2cccn2)c1)NCC1(CCOC)CCCC1.I. The molecular formula is C22H34IN5O. The van der Waals surface area contributed by atoms with E-state index < -0.39 is 0 Å². The molecule has 3 rings (SSSR count). The molecule has 1 aromatic carbocycles. The second-order valence-corrected chi connectivity index (χ2v) is 7.75. The monoisotopic (exact) mass is 511 g/mol. The van der Waals surface area contributed by atoms with Crippen molar-refractivity contribution < 1.29 is 4.74 Å². The number of aliphatic imine (C=N–C) groups is 1. The summed E-state index contributed by atoms with van der Waals surface area (Å²) in [5.41, 5.74) is 2.83. The molecule has 0 radical (unpaired) electrons. The minimum atomic E-state index is 0. The summed E-state index contributed by atoms with van der Waals surface area (Å²) in [4.78, 5) is 4.41. The summed E-state index contributed by atoms with van der Waals surface area (Å²) >= 11 is 0. The Bertz CT molecular complexity index is 741. The molecule has 0 unspecified atom stereocenters. The third-order valence-corrected chi connectivity index (χ3v) is 5.71. The minimum absolute atomic E-state index is 0. The number of nitrogens with zero attached hydrogens (tertiary/aromatic N) is 3. The summed E-state index contributed by atoms with van der Waals surface area (Å²) in [7, 11) is 3.62. The molecule has 0 atom stereocenters. The second-order valence-electron chi connectivity index (χ2n) is 7.75. The van der Waals surface area contributed by atoms with Crippen molar-refractivity contribution in [2.75, 3.05) is 27.3 Å². The molecule has 0 saturated heterocycles. The van der Waals surface area contributed by atoms with Crippen LogP contribution in [0.15, 0.2) is 47.7 Å². The van der Waals surface area contributed by atoms with Crippen LogP contribution < -0.4 is 10.6 Å². The maximum Gasteiger partial charge on any atom is 0.191 e. The van der Waals surface area contributed by atoms with Gasteiger partial charge in [0.2, 0.25) is 0 Å². The smallest absolute Gasteiger partial charge is 0.191 e. The summed E-state index contributed by atoms with van der Waals surface area (Å²) in [5, 5.41) is 11.3. The molecule has 2 aromatic rings. The van der Waals surface area contributed by atoms with Crippen molar-refractivity contribution in [3.05, 3.63) is 53.9 Å². The van der Waals surface area contributed by atoms with Gasteiger partial charge in [0.1, 0.15) is 0 Å². The zero-order valence-electron chi connectivity index (χ0n) is 17.6. The van der Waals surface area contributed by atoms with Crippen LogP contribution in [0.4, 0.5) is 0 Å². The molecule has 160 valence electrons. The van der Waals surface area contributed by atoms with Gasteiger partial charge in [-0.25, -0.2) is 0 Å². The molecule has 0 amide bonds. The van der Waals surface area contributed by atoms with E-state index in [9.17, 15) is 0 Å². The predicted octanol–water partition coefficient (Wildman–Crippen LogP) is 3.81. The highest BCUT2D eigenvalue weighted by molar-refractivity contribution is 14.0. The molecule has 1 fully saturated rings. The number of halogens is 1. The molecule has 1 aromatic heterocycles. The average molecular weight is 511 g/mol. The Morgan fingerprint density at radius 2 is 2.00 bits per heavy atom. The lowest BCUT2D eigenvalue weighted by Gasteiger charge is -2.30. The van der Waals surface area contributed by atoms with Gasteiger partial charge >= 0.3 is 0 Å². The molecule has 0 spiro atoms. The van der Waals surface area contributed by atoms with Crippen LogP contribution in [0.25, 0.3) is 0 Å². The molecule has 0 aliphatic heterocycles. The number of benzene rings is 1. The number of ether oxygens (including phenoxy) is 1. The fraction of sp³-hybridized carbons (Fsp3) is 0.545. The molecular weight excluding hydrogens is 477 g/mol. The van der Waals surface area contributed by atoms with E-state index in [1.165, 1.54) is 36.8 Å². The van der Waals surface area contributed by atoms with E-state index in [4.69, 9.17) is 4.74 Å². The van der Waals surface area contributed by atoms with Crippen LogP contribution in [0.3, 0.4) is 0 Å². The normalized spacial score (nSPS) is 15.7. The van der Waals surface area contributed by atoms with Crippen molar-refractivity contribution in [3.63, 3.8) is 0 Å². The van der Waals surface area contributed by atoms with Crippen LogP contribution in [-0.4, -0.2) is 43.0 Å². The molecule has 7 heteroatoms. The van der Waals surface area contributed by atoms with Gasteiger partial charge < -0.3 is 15.4 Å². The van der Waals surface area contributed by atoms with E-state index in [1.54, 1.807) is 7.11 Å². The maximum atomic E-state index is 5.34.